The molecule has 1 saturated heterocycles. The Labute approximate surface area is 156 Å². The maximum atomic E-state index is 12.6. The molecular formula is C18H19ClN4O3. The van der Waals surface area contributed by atoms with E-state index in [0.29, 0.717) is 22.1 Å². The van der Waals surface area contributed by atoms with Crippen molar-refractivity contribution in [3.8, 4) is 0 Å². The van der Waals surface area contributed by atoms with Gasteiger partial charge in [0.05, 0.1) is 23.4 Å². The van der Waals surface area contributed by atoms with Gasteiger partial charge in [0.25, 0.3) is 5.91 Å². The quantitative estimate of drug-likeness (QED) is 0.828. The number of esters is 1. The van der Waals surface area contributed by atoms with E-state index >= 15 is 0 Å². The zero-order chi connectivity index (χ0) is 18.7. The fraction of sp³-hybridized carbons (Fsp3) is 0.333. The van der Waals surface area contributed by atoms with Crippen molar-refractivity contribution in [3.63, 3.8) is 0 Å². The number of anilines is 2. The van der Waals surface area contributed by atoms with Crippen molar-refractivity contribution in [1.29, 1.82) is 0 Å². The van der Waals surface area contributed by atoms with Crippen LogP contribution in [0.3, 0.4) is 0 Å². The molecule has 2 aromatic rings. The minimum Gasteiger partial charge on any atom is -0.465 e. The Morgan fingerprint density at radius 2 is 1.92 bits per heavy atom. The lowest BCUT2D eigenvalue weighted by Crippen LogP contribution is -2.22. The van der Waals surface area contributed by atoms with Crippen molar-refractivity contribution in [2.24, 2.45) is 0 Å². The Bertz CT molecular complexity index is 850. The van der Waals surface area contributed by atoms with Crippen LogP contribution in [0.2, 0.25) is 5.02 Å². The first-order chi connectivity index (χ1) is 12.5. The summed E-state index contributed by atoms with van der Waals surface area (Å²) in [6.07, 6.45) is 2.22. The highest BCUT2D eigenvalue weighted by Gasteiger charge is 2.18. The van der Waals surface area contributed by atoms with Gasteiger partial charge >= 0.3 is 5.97 Å². The van der Waals surface area contributed by atoms with Gasteiger partial charge in [0.1, 0.15) is 17.3 Å². The smallest absolute Gasteiger partial charge is 0.337 e. The molecule has 1 aromatic heterocycles. The second kappa shape index (κ2) is 7.70. The van der Waals surface area contributed by atoms with E-state index < -0.39 is 11.9 Å². The first-order valence-corrected chi connectivity index (χ1v) is 8.65. The van der Waals surface area contributed by atoms with Gasteiger partial charge in [0.2, 0.25) is 0 Å². The minimum atomic E-state index is -0.508. The third kappa shape index (κ3) is 3.94. The van der Waals surface area contributed by atoms with Crippen molar-refractivity contribution >= 4 is 35.0 Å². The normalized spacial score (nSPS) is 13.6. The molecule has 1 aliphatic heterocycles. The molecule has 1 fully saturated rings. The second-order valence-electron chi connectivity index (χ2n) is 5.99. The molecule has 136 valence electrons. The molecule has 0 atom stereocenters. The van der Waals surface area contributed by atoms with Crippen molar-refractivity contribution in [3.05, 3.63) is 46.4 Å². The number of carbonyl (C=O) groups is 2. The fourth-order valence-corrected chi connectivity index (χ4v) is 2.99. The summed E-state index contributed by atoms with van der Waals surface area (Å²) in [6, 6.07) is 6.21. The molecule has 0 bridgehead atoms. The number of amides is 1. The minimum absolute atomic E-state index is 0.249. The maximum Gasteiger partial charge on any atom is 0.337 e. The van der Waals surface area contributed by atoms with Crippen molar-refractivity contribution < 1.29 is 14.3 Å². The number of ether oxygens (including phenoxy) is 1. The number of methoxy groups -OCH3 is 1. The summed E-state index contributed by atoms with van der Waals surface area (Å²) in [6.45, 7) is 3.59. The van der Waals surface area contributed by atoms with Crippen molar-refractivity contribution in [2.45, 2.75) is 19.8 Å². The van der Waals surface area contributed by atoms with E-state index in [0.717, 1.165) is 31.7 Å². The largest absolute Gasteiger partial charge is 0.465 e. The SMILES string of the molecule is COC(=O)c1ccc(Cl)c(NC(=O)c2cc(N3CCCC3)nc(C)n2)c1. The summed E-state index contributed by atoms with van der Waals surface area (Å²) < 4.78 is 4.69. The first kappa shape index (κ1) is 18.1. The van der Waals surface area contributed by atoms with Crippen LogP contribution in [0.1, 0.15) is 39.5 Å². The van der Waals surface area contributed by atoms with E-state index in [-0.39, 0.29) is 5.69 Å². The van der Waals surface area contributed by atoms with Crippen molar-refractivity contribution in [2.75, 3.05) is 30.4 Å². The fourth-order valence-electron chi connectivity index (χ4n) is 2.83. The van der Waals surface area contributed by atoms with Gasteiger partial charge < -0.3 is 15.0 Å². The standard InChI is InChI=1S/C18H19ClN4O3/c1-11-20-15(10-16(21-11)23-7-3-4-8-23)17(24)22-14-9-12(18(25)26-2)5-6-13(14)19/h5-6,9-10H,3-4,7-8H2,1-2H3,(H,22,24). The predicted octanol–water partition coefficient (Wildman–Crippen LogP) is 3.08. The van der Waals surface area contributed by atoms with Gasteiger partial charge in [-0.1, -0.05) is 11.6 Å². The molecule has 1 amide bonds. The number of hydrogen-bond acceptors (Lipinski definition) is 6. The molecular weight excluding hydrogens is 356 g/mol. The Kier molecular flexibility index (Phi) is 5.37. The summed E-state index contributed by atoms with van der Waals surface area (Å²) >= 11 is 6.13. The van der Waals surface area contributed by atoms with Crippen molar-refractivity contribution in [1.82, 2.24) is 9.97 Å². The number of carbonyl (C=O) groups excluding carboxylic acids is 2. The summed E-state index contributed by atoms with van der Waals surface area (Å²) in [4.78, 5) is 35.1. The van der Waals surface area contributed by atoms with Gasteiger partial charge in [-0.25, -0.2) is 14.8 Å². The number of rotatable bonds is 4. The monoisotopic (exact) mass is 374 g/mol. The van der Waals surface area contributed by atoms with Gasteiger partial charge in [-0.2, -0.15) is 0 Å². The number of nitrogens with zero attached hydrogens (tertiary/aromatic N) is 3. The molecule has 0 saturated carbocycles. The van der Waals surface area contributed by atoms with E-state index in [9.17, 15) is 9.59 Å². The lowest BCUT2D eigenvalue weighted by molar-refractivity contribution is 0.0600. The zero-order valence-corrected chi connectivity index (χ0v) is 15.3. The van der Waals surface area contributed by atoms with Crippen LogP contribution in [0.4, 0.5) is 11.5 Å². The molecule has 1 aromatic carbocycles. The summed E-state index contributed by atoms with van der Waals surface area (Å²) in [5.41, 5.74) is 0.862. The highest BCUT2D eigenvalue weighted by molar-refractivity contribution is 6.34. The van der Waals surface area contributed by atoms with Crippen LogP contribution in [-0.4, -0.2) is 42.0 Å². The van der Waals surface area contributed by atoms with Crippen LogP contribution in [0.5, 0.6) is 0 Å². The number of halogens is 1. The van der Waals surface area contributed by atoms with Gasteiger partial charge in [-0.05, 0) is 38.0 Å². The van der Waals surface area contributed by atoms with Gasteiger partial charge in [0.15, 0.2) is 0 Å². The molecule has 0 unspecified atom stereocenters. The van der Waals surface area contributed by atoms with Crippen LogP contribution in [0.25, 0.3) is 0 Å². The Hall–Kier alpha value is -2.67. The lowest BCUT2D eigenvalue weighted by Gasteiger charge is -2.17. The molecule has 0 spiro atoms. The molecule has 0 radical (unpaired) electrons. The third-order valence-corrected chi connectivity index (χ3v) is 4.45. The maximum absolute atomic E-state index is 12.6. The molecule has 7 nitrogen and oxygen atoms in total. The molecule has 8 heteroatoms. The van der Waals surface area contributed by atoms with Crippen LogP contribution in [0, 0.1) is 6.92 Å². The Morgan fingerprint density at radius 1 is 1.19 bits per heavy atom. The van der Waals surface area contributed by atoms with E-state index in [1.165, 1.54) is 25.3 Å². The zero-order valence-electron chi connectivity index (χ0n) is 14.6. The van der Waals surface area contributed by atoms with E-state index in [1.807, 2.05) is 0 Å². The number of benzene rings is 1. The Morgan fingerprint density at radius 3 is 2.62 bits per heavy atom. The molecule has 1 aliphatic rings. The van der Waals surface area contributed by atoms with Crippen LogP contribution >= 0.6 is 11.6 Å². The number of nitrogens with one attached hydrogen (secondary N) is 1. The lowest BCUT2D eigenvalue weighted by atomic mass is 10.2. The molecule has 1 N–H and O–H groups in total. The number of aryl methyl sites for hydroxylation is 1. The second-order valence-corrected chi connectivity index (χ2v) is 6.40. The van der Waals surface area contributed by atoms with Gasteiger partial charge in [-0.15, -0.1) is 0 Å². The third-order valence-electron chi connectivity index (χ3n) is 4.12. The van der Waals surface area contributed by atoms with Crippen LogP contribution in [-0.2, 0) is 4.74 Å². The van der Waals surface area contributed by atoms with Gasteiger partial charge in [-0.3, -0.25) is 4.79 Å². The average molecular weight is 375 g/mol. The predicted molar refractivity (Wildman–Crippen MR) is 99.0 cm³/mol. The first-order valence-electron chi connectivity index (χ1n) is 8.28. The Balaban J connectivity index is 1.85. The molecule has 0 aliphatic carbocycles. The van der Waals surface area contributed by atoms with E-state index in [1.54, 1.807) is 13.0 Å². The summed E-state index contributed by atoms with van der Waals surface area (Å²) in [5.74, 6) is 0.342. The number of hydrogen-bond donors (Lipinski definition) is 1. The molecule has 3 rings (SSSR count). The van der Waals surface area contributed by atoms with Gasteiger partial charge in [0, 0.05) is 19.2 Å². The van der Waals surface area contributed by atoms with Crippen LogP contribution in [0.15, 0.2) is 24.3 Å². The molecule has 2 heterocycles. The summed E-state index contributed by atoms with van der Waals surface area (Å²) in [7, 11) is 1.29. The van der Waals surface area contributed by atoms with E-state index in [4.69, 9.17) is 11.6 Å². The topological polar surface area (TPSA) is 84.4 Å². The number of aromatic nitrogens is 2. The molecule has 26 heavy (non-hydrogen) atoms. The summed E-state index contributed by atoms with van der Waals surface area (Å²) in [5, 5.41) is 3.02. The van der Waals surface area contributed by atoms with Crippen LogP contribution < -0.4 is 10.2 Å². The van der Waals surface area contributed by atoms with E-state index in [2.05, 4.69) is 24.9 Å². The highest BCUT2D eigenvalue weighted by atomic mass is 35.5. The average Bonchev–Trinajstić information content (AvgIpc) is 3.17. The highest BCUT2D eigenvalue weighted by Crippen LogP contribution is 2.25.